The average Bonchev–Trinajstić information content (AvgIpc) is 2.61. The lowest BCUT2D eigenvalue weighted by Crippen LogP contribution is -2.25. The minimum Gasteiger partial charge on any atom is -0.465 e. The summed E-state index contributed by atoms with van der Waals surface area (Å²) in [7, 11) is -1.62. The Morgan fingerprint density at radius 1 is 1.00 bits per heavy atom. The third kappa shape index (κ3) is 4.89. The van der Waals surface area contributed by atoms with Crippen molar-refractivity contribution < 1.29 is 14.6 Å². The second-order valence-electron chi connectivity index (χ2n) is 5.63. The molecule has 4 heteroatoms. The second kappa shape index (κ2) is 8.81. The minimum atomic E-state index is -1.62. The molecule has 2 aromatic carbocycles. The first-order valence-electron chi connectivity index (χ1n) is 7.90. The molecule has 0 aliphatic rings. The van der Waals surface area contributed by atoms with Gasteiger partial charge in [-0.2, -0.15) is 0 Å². The van der Waals surface area contributed by atoms with E-state index in [0.29, 0.717) is 19.4 Å². The van der Waals surface area contributed by atoms with Gasteiger partial charge in [0.2, 0.25) is 0 Å². The molecule has 1 N–H and O–H groups in total. The summed E-state index contributed by atoms with van der Waals surface area (Å²) in [5, 5.41) is 11.4. The molecule has 0 aliphatic carbocycles. The Morgan fingerprint density at radius 2 is 1.52 bits per heavy atom. The zero-order chi connectivity index (χ0) is 16.5. The highest BCUT2D eigenvalue weighted by Gasteiger charge is 2.37. The smallest absolute Gasteiger partial charge is 0.309 e. The van der Waals surface area contributed by atoms with Crippen LogP contribution in [0, 0.1) is 0 Å². The van der Waals surface area contributed by atoms with E-state index in [1.54, 1.807) is 0 Å². The van der Waals surface area contributed by atoms with Gasteiger partial charge in [0.15, 0.2) is 0 Å². The van der Waals surface area contributed by atoms with Crippen LogP contribution in [0.4, 0.5) is 0 Å². The van der Waals surface area contributed by atoms with Gasteiger partial charge in [-0.25, -0.2) is 0 Å². The number of esters is 1. The van der Waals surface area contributed by atoms with Crippen molar-refractivity contribution in [1.82, 2.24) is 0 Å². The van der Waals surface area contributed by atoms with Crippen LogP contribution in [0.25, 0.3) is 0 Å². The van der Waals surface area contributed by atoms with Crippen LogP contribution in [0.3, 0.4) is 0 Å². The minimum absolute atomic E-state index is 0.0476. The molecule has 23 heavy (non-hydrogen) atoms. The van der Waals surface area contributed by atoms with Crippen molar-refractivity contribution in [1.29, 1.82) is 0 Å². The van der Waals surface area contributed by atoms with E-state index in [-0.39, 0.29) is 12.6 Å². The molecule has 3 nitrogen and oxygen atoms in total. The third-order valence-electron chi connectivity index (χ3n) is 3.98. The first-order chi connectivity index (χ1) is 11.2. The number of hydrogen-bond acceptors (Lipinski definition) is 3. The molecule has 122 valence electrons. The summed E-state index contributed by atoms with van der Waals surface area (Å²) < 4.78 is 5.17. The Balaban J connectivity index is 2.14. The van der Waals surface area contributed by atoms with Gasteiger partial charge in [-0.15, -0.1) is 0 Å². The van der Waals surface area contributed by atoms with Crippen LogP contribution >= 0.6 is 7.26 Å². The first-order valence-corrected chi connectivity index (χ1v) is 10.3. The number of hydrogen-bond donors (Lipinski definition) is 1. The van der Waals surface area contributed by atoms with Gasteiger partial charge in [-0.3, -0.25) is 4.79 Å². The van der Waals surface area contributed by atoms with E-state index >= 15 is 0 Å². The monoisotopic (exact) mass is 331 g/mol. The van der Waals surface area contributed by atoms with Crippen molar-refractivity contribution >= 4 is 23.8 Å². The van der Waals surface area contributed by atoms with Crippen molar-refractivity contribution in [2.75, 3.05) is 26.0 Å². The molecule has 2 rings (SSSR count). The van der Waals surface area contributed by atoms with Gasteiger partial charge in [-0.1, -0.05) is 36.4 Å². The summed E-state index contributed by atoms with van der Waals surface area (Å²) in [4.78, 5) is 11.9. The zero-order valence-corrected chi connectivity index (χ0v) is 14.4. The Morgan fingerprint density at radius 3 is 2.00 bits per heavy atom. The largest absolute Gasteiger partial charge is 0.465 e. The molecule has 0 spiro atoms. The van der Waals surface area contributed by atoms with E-state index in [1.165, 1.54) is 10.6 Å². The fourth-order valence-electron chi connectivity index (χ4n) is 2.56. The van der Waals surface area contributed by atoms with Gasteiger partial charge in [0.25, 0.3) is 0 Å². The van der Waals surface area contributed by atoms with Crippen LogP contribution < -0.4 is 10.6 Å². The molecule has 2 aromatic rings. The second-order valence-corrected chi connectivity index (χ2v) is 9.50. The molecular weight excluding hydrogens is 307 g/mol. The number of benzene rings is 2. The highest BCUT2D eigenvalue weighted by atomic mass is 31.2. The van der Waals surface area contributed by atoms with Gasteiger partial charge in [-0.05, 0) is 24.3 Å². The molecule has 0 saturated heterocycles. The lowest BCUT2D eigenvalue weighted by Gasteiger charge is -2.22. The van der Waals surface area contributed by atoms with Crippen LogP contribution in [-0.2, 0) is 9.53 Å². The van der Waals surface area contributed by atoms with Crippen LogP contribution in [0.15, 0.2) is 60.7 Å². The van der Waals surface area contributed by atoms with Crippen molar-refractivity contribution in [3.05, 3.63) is 60.7 Å². The quantitative estimate of drug-likeness (QED) is 0.459. The lowest BCUT2D eigenvalue weighted by atomic mass is 10.4. The number of carbonyl (C=O) groups is 1. The van der Waals surface area contributed by atoms with Crippen molar-refractivity contribution in [2.45, 2.75) is 12.8 Å². The molecule has 0 radical (unpaired) electrons. The Kier molecular flexibility index (Phi) is 6.76. The van der Waals surface area contributed by atoms with Crippen LogP contribution in [0.1, 0.15) is 12.8 Å². The SMILES string of the molecule is C[P+](CCC(=O)OCCCO)(c1ccccc1)c1ccccc1. The first kappa shape index (κ1) is 17.7. The lowest BCUT2D eigenvalue weighted by molar-refractivity contribution is -0.143. The topological polar surface area (TPSA) is 46.5 Å². The Labute approximate surface area is 138 Å². The normalized spacial score (nSPS) is 11.2. The highest BCUT2D eigenvalue weighted by molar-refractivity contribution is 7.88. The van der Waals surface area contributed by atoms with E-state index < -0.39 is 7.26 Å². The predicted octanol–water partition coefficient (Wildman–Crippen LogP) is 2.60. The molecule has 0 saturated carbocycles. The van der Waals surface area contributed by atoms with E-state index in [4.69, 9.17) is 9.84 Å². The molecule has 0 aromatic heterocycles. The van der Waals surface area contributed by atoms with Crippen molar-refractivity contribution in [3.8, 4) is 0 Å². The van der Waals surface area contributed by atoms with E-state index in [1.807, 2.05) is 12.1 Å². The van der Waals surface area contributed by atoms with Crippen LogP contribution in [0.2, 0.25) is 0 Å². The number of rotatable bonds is 8. The molecular formula is C19H24O3P+. The molecule has 0 fully saturated rings. The number of aliphatic hydroxyl groups is 1. The Hall–Kier alpha value is -1.70. The molecule has 0 amide bonds. The zero-order valence-electron chi connectivity index (χ0n) is 13.5. The predicted molar refractivity (Wildman–Crippen MR) is 97.1 cm³/mol. The number of carbonyl (C=O) groups excluding carboxylic acids is 1. The van der Waals surface area contributed by atoms with Gasteiger partial charge in [0.05, 0.1) is 43.7 Å². The molecule has 0 bridgehead atoms. The van der Waals surface area contributed by atoms with E-state index in [2.05, 4.69) is 55.2 Å². The van der Waals surface area contributed by atoms with Crippen molar-refractivity contribution in [2.24, 2.45) is 0 Å². The maximum atomic E-state index is 11.9. The molecule has 0 atom stereocenters. The van der Waals surface area contributed by atoms with Crippen LogP contribution in [0.5, 0.6) is 0 Å². The highest BCUT2D eigenvalue weighted by Crippen LogP contribution is 2.53. The molecule has 0 unspecified atom stereocenters. The summed E-state index contributed by atoms with van der Waals surface area (Å²) in [6.07, 6.45) is 1.69. The van der Waals surface area contributed by atoms with Gasteiger partial charge in [0.1, 0.15) is 0 Å². The fourth-order valence-corrected chi connectivity index (χ4v) is 5.66. The van der Waals surface area contributed by atoms with Gasteiger partial charge < -0.3 is 9.84 Å². The maximum absolute atomic E-state index is 11.9. The summed E-state index contributed by atoms with van der Waals surface area (Å²) in [6, 6.07) is 20.8. The maximum Gasteiger partial charge on any atom is 0.309 e. The standard InChI is InChI=1S/C19H24O3P/c1-23(17-9-4-2-5-10-17,18-11-6-3-7-12-18)16-13-19(21)22-15-8-14-20/h2-7,9-12,20H,8,13-16H2,1H3/q+1. The van der Waals surface area contributed by atoms with Gasteiger partial charge >= 0.3 is 5.97 Å². The number of aliphatic hydroxyl groups excluding tert-OH is 1. The van der Waals surface area contributed by atoms with E-state index in [0.717, 1.165) is 6.16 Å². The summed E-state index contributed by atoms with van der Waals surface area (Å²) >= 11 is 0. The van der Waals surface area contributed by atoms with Gasteiger partial charge in [0, 0.05) is 13.0 Å². The number of ether oxygens (including phenoxy) is 1. The fraction of sp³-hybridized carbons (Fsp3) is 0.316. The molecule has 0 aliphatic heterocycles. The average molecular weight is 331 g/mol. The summed E-state index contributed by atoms with van der Waals surface area (Å²) in [5.74, 6) is -0.184. The van der Waals surface area contributed by atoms with Crippen LogP contribution in [-0.4, -0.2) is 37.1 Å². The van der Waals surface area contributed by atoms with E-state index in [9.17, 15) is 4.79 Å². The third-order valence-corrected chi connectivity index (χ3v) is 7.97. The summed E-state index contributed by atoms with van der Waals surface area (Å²) in [5.41, 5.74) is 0. The molecule has 0 heterocycles. The Bertz CT molecular complexity index is 559. The summed E-state index contributed by atoms with van der Waals surface area (Å²) in [6.45, 7) is 2.62. The van der Waals surface area contributed by atoms with Crippen molar-refractivity contribution in [3.63, 3.8) is 0 Å².